The van der Waals surface area contributed by atoms with Crippen molar-refractivity contribution in [2.24, 2.45) is 5.73 Å². The highest BCUT2D eigenvalue weighted by molar-refractivity contribution is 7.92. The standard InChI is InChI=1S/C12H24N2O3S/c1-3-11(13)9-18(16,17)10(2)12(15)14-7-5-4-6-8-14/h10-11H,3-9,13H2,1-2H3. The van der Waals surface area contributed by atoms with Crippen LogP contribution < -0.4 is 5.73 Å². The van der Waals surface area contributed by atoms with Crippen molar-refractivity contribution in [3.05, 3.63) is 0 Å². The van der Waals surface area contributed by atoms with Crippen LogP contribution in [0.2, 0.25) is 0 Å². The van der Waals surface area contributed by atoms with Gasteiger partial charge in [-0.2, -0.15) is 0 Å². The molecule has 0 saturated carbocycles. The van der Waals surface area contributed by atoms with Gasteiger partial charge in [0.15, 0.2) is 9.84 Å². The molecular formula is C12H24N2O3S. The van der Waals surface area contributed by atoms with E-state index in [4.69, 9.17) is 5.73 Å². The molecule has 18 heavy (non-hydrogen) atoms. The number of amides is 1. The Morgan fingerprint density at radius 1 is 1.28 bits per heavy atom. The number of sulfone groups is 1. The number of carbonyl (C=O) groups excluding carboxylic acids is 1. The number of likely N-dealkylation sites (tertiary alicyclic amines) is 1. The van der Waals surface area contributed by atoms with Gasteiger partial charge in [-0.05, 0) is 32.6 Å². The van der Waals surface area contributed by atoms with Gasteiger partial charge in [0.25, 0.3) is 0 Å². The molecule has 6 heteroatoms. The van der Waals surface area contributed by atoms with Crippen molar-refractivity contribution in [2.45, 2.75) is 50.8 Å². The monoisotopic (exact) mass is 276 g/mol. The largest absolute Gasteiger partial charge is 0.342 e. The Balaban J connectivity index is 2.66. The fourth-order valence-corrected chi connectivity index (χ4v) is 3.66. The molecule has 1 aliphatic rings. The Morgan fingerprint density at radius 2 is 1.83 bits per heavy atom. The zero-order valence-electron chi connectivity index (χ0n) is 11.3. The Morgan fingerprint density at radius 3 is 2.33 bits per heavy atom. The van der Waals surface area contributed by atoms with Gasteiger partial charge in [0.05, 0.1) is 5.75 Å². The average Bonchev–Trinajstić information content (AvgIpc) is 2.37. The summed E-state index contributed by atoms with van der Waals surface area (Å²) >= 11 is 0. The van der Waals surface area contributed by atoms with Crippen molar-refractivity contribution in [3.63, 3.8) is 0 Å². The molecular weight excluding hydrogens is 252 g/mol. The second kappa shape index (κ2) is 6.52. The van der Waals surface area contributed by atoms with Crippen molar-refractivity contribution in [1.29, 1.82) is 0 Å². The fourth-order valence-electron chi connectivity index (χ4n) is 2.09. The van der Waals surface area contributed by atoms with Gasteiger partial charge in [-0.15, -0.1) is 0 Å². The summed E-state index contributed by atoms with van der Waals surface area (Å²) in [6.45, 7) is 4.68. The van der Waals surface area contributed by atoms with E-state index in [-0.39, 0.29) is 17.7 Å². The van der Waals surface area contributed by atoms with Gasteiger partial charge >= 0.3 is 0 Å². The van der Waals surface area contributed by atoms with Crippen LogP contribution in [0.25, 0.3) is 0 Å². The first kappa shape index (κ1) is 15.4. The lowest BCUT2D eigenvalue weighted by atomic mass is 10.1. The molecule has 1 rings (SSSR count). The highest BCUT2D eigenvalue weighted by atomic mass is 32.2. The molecule has 0 aromatic rings. The van der Waals surface area contributed by atoms with E-state index in [0.717, 1.165) is 19.3 Å². The number of carbonyl (C=O) groups is 1. The first-order valence-corrected chi connectivity index (χ1v) is 8.36. The van der Waals surface area contributed by atoms with Gasteiger partial charge in [-0.25, -0.2) is 8.42 Å². The van der Waals surface area contributed by atoms with Crippen molar-refractivity contribution in [1.82, 2.24) is 4.90 Å². The molecule has 0 bridgehead atoms. The number of rotatable bonds is 5. The van der Waals surface area contributed by atoms with E-state index < -0.39 is 15.1 Å². The molecule has 2 atom stereocenters. The summed E-state index contributed by atoms with van der Waals surface area (Å²) in [6, 6.07) is -0.383. The summed E-state index contributed by atoms with van der Waals surface area (Å²) < 4.78 is 24.1. The lowest BCUT2D eigenvalue weighted by Gasteiger charge is -2.29. The Kier molecular flexibility index (Phi) is 5.59. The van der Waals surface area contributed by atoms with E-state index in [0.29, 0.717) is 19.5 Å². The molecule has 1 fully saturated rings. The number of hydrogen-bond donors (Lipinski definition) is 1. The van der Waals surface area contributed by atoms with E-state index in [1.54, 1.807) is 4.90 Å². The minimum absolute atomic E-state index is 0.107. The molecule has 1 aliphatic heterocycles. The van der Waals surface area contributed by atoms with Gasteiger partial charge < -0.3 is 10.6 Å². The van der Waals surface area contributed by atoms with E-state index in [1.165, 1.54) is 6.92 Å². The Labute approximate surface area is 110 Å². The summed E-state index contributed by atoms with van der Waals surface area (Å²) in [5, 5.41) is -0.965. The van der Waals surface area contributed by atoms with Crippen LogP contribution in [0.5, 0.6) is 0 Å². The molecule has 1 amide bonds. The predicted octanol–water partition coefficient (Wildman–Crippen LogP) is 0.540. The second-order valence-corrected chi connectivity index (χ2v) is 7.39. The molecule has 1 heterocycles. The van der Waals surface area contributed by atoms with Gasteiger partial charge in [0, 0.05) is 19.1 Å². The fraction of sp³-hybridized carbons (Fsp3) is 0.917. The van der Waals surface area contributed by atoms with Gasteiger partial charge in [0.2, 0.25) is 5.91 Å². The molecule has 0 spiro atoms. The van der Waals surface area contributed by atoms with Crippen LogP contribution in [0.3, 0.4) is 0 Å². The number of nitrogens with zero attached hydrogens (tertiary/aromatic N) is 1. The number of nitrogens with two attached hydrogens (primary N) is 1. The van der Waals surface area contributed by atoms with E-state index in [1.807, 2.05) is 6.92 Å². The molecule has 106 valence electrons. The highest BCUT2D eigenvalue weighted by Crippen LogP contribution is 2.14. The van der Waals surface area contributed by atoms with Crippen LogP contribution in [0.1, 0.15) is 39.5 Å². The third-order valence-corrected chi connectivity index (χ3v) is 5.70. The molecule has 2 unspecified atom stereocenters. The average molecular weight is 276 g/mol. The third kappa shape index (κ3) is 3.95. The van der Waals surface area contributed by atoms with Crippen LogP contribution in [0, 0.1) is 0 Å². The minimum atomic E-state index is -3.44. The maximum atomic E-state index is 12.1. The highest BCUT2D eigenvalue weighted by Gasteiger charge is 2.32. The third-order valence-electron chi connectivity index (χ3n) is 3.52. The zero-order chi connectivity index (χ0) is 13.8. The van der Waals surface area contributed by atoms with Crippen molar-refractivity contribution >= 4 is 15.7 Å². The van der Waals surface area contributed by atoms with Gasteiger partial charge in [-0.1, -0.05) is 6.92 Å². The quantitative estimate of drug-likeness (QED) is 0.794. The van der Waals surface area contributed by atoms with Crippen LogP contribution in [-0.2, 0) is 14.6 Å². The van der Waals surface area contributed by atoms with Gasteiger partial charge in [0.1, 0.15) is 5.25 Å². The summed E-state index contributed by atoms with van der Waals surface area (Å²) in [6.07, 6.45) is 3.65. The molecule has 1 saturated heterocycles. The molecule has 0 aliphatic carbocycles. The minimum Gasteiger partial charge on any atom is -0.342 e. The molecule has 0 aromatic carbocycles. The molecule has 5 nitrogen and oxygen atoms in total. The second-order valence-electron chi connectivity index (χ2n) is 5.03. The Hall–Kier alpha value is -0.620. The molecule has 0 aromatic heterocycles. The van der Waals surface area contributed by atoms with Crippen molar-refractivity contribution < 1.29 is 13.2 Å². The lowest BCUT2D eigenvalue weighted by molar-refractivity contribution is -0.131. The summed E-state index contributed by atoms with van der Waals surface area (Å²) in [5.74, 6) is -0.373. The Bertz CT molecular complexity index is 375. The number of hydrogen-bond acceptors (Lipinski definition) is 4. The van der Waals surface area contributed by atoms with E-state index in [9.17, 15) is 13.2 Å². The number of piperidine rings is 1. The van der Waals surface area contributed by atoms with E-state index in [2.05, 4.69) is 0 Å². The SMILES string of the molecule is CCC(N)CS(=O)(=O)C(C)C(=O)N1CCCCC1. The first-order valence-electron chi connectivity index (χ1n) is 6.64. The molecule has 2 N–H and O–H groups in total. The van der Waals surface area contributed by atoms with Crippen LogP contribution >= 0.6 is 0 Å². The van der Waals surface area contributed by atoms with E-state index >= 15 is 0 Å². The normalized spacial score (nSPS) is 20.5. The lowest BCUT2D eigenvalue weighted by Crippen LogP contribution is -2.46. The maximum Gasteiger partial charge on any atom is 0.240 e. The summed E-state index contributed by atoms with van der Waals surface area (Å²) in [7, 11) is -3.44. The summed E-state index contributed by atoms with van der Waals surface area (Å²) in [4.78, 5) is 13.8. The zero-order valence-corrected chi connectivity index (χ0v) is 12.1. The summed E-state index contributed by atoms with van der Waals surface area (Å²) in [5.41, 5.74) is 5.67. The topological polar surface area (TPSA) is 80.5 Å². The maximum absolute atomic E-state index is 12.1. The van der Waals surface area contributed by atoms with Crippen molar-refractivity contribution in [2.75, 3.05) is 18.8 Å². The molecule has 0 radical (unpaired) electrons. The smallest absolute Gasteiger partial charge is 0.240 e. The van der Waals surface area contributed by atoms with Crippen LogP contribution in [-0.4, -0.2) is 49.4 Å². The van der Waals surface area contributed by atoms with Crippen LogP contribution in [0.15, 0.2) is 0 Å². The van der Waals surface area contributed by atoms with Crippen molar-refractivity contribution in [3.8, 4) is 0 Å². The van der Waals surface area contributed by atoms with Crippen LogP contribution in [0.4, 0.5) is 0 Å². The first-order chi connectivity index (χ1) is 8.38. The van der Waals surface area contributed by atoms with Gasteiger partial charge in [-0.3, -0.25) is 4.79 Å². The predicted molar refractivity (Wildman–Crippen MR) is 71.9 cm³/mol.